The van der Waals surface area contributed by atoms with Gasteiger partial charge in [0.15, 0.2) is 0 Å². The first-order chi connectivity index (χ1) is 9.38. The van der Waals surface area contributed by atoms with Gasteiger partial charge in [0.05, 0.1) is 16.9 Å². The molecule has 0 aliphatic rings. The topological polar surface area (TPSA) is 55.1 Å². The molecule has 0 saturated heterocycles. The minimum atomic E-state index is -0.275. The molecule has 104 valence electrons. The summed E-state index contributed by atoms with van der Waals surface area (Å²) >= 11 is 15.9. The normalized spacial score (nSPS) is 10.4. The molecule has 0 radical (unpaired) electrons. The van der Waals surface area contributed by atoms with Crippen molar-refractivity contribution < 1.29 is 4.79 Å². The molecule has 0 aliphatic carbocycles. The van der Waals surface area contributed by atoms with Gasteiger partial charge in [0.2, 0.25) is 0 Å². The number of hydrogen-bond acceptors (Lipinski definition) is 2. The fourth-order valence-corrected chi connectivity index (χ4v) is 3.80. The smallest absolute Gasteiger partial charge is 0.256 e. The average Bonchev–Trinajstić information content (AvgIpc) is 2.33. The van der Waals surface area contributed by atoms with Gasteiger partial charge in [-0.15, -0.1) is 0 Å². The predicted molar refractivity (Wildman–Crippen MR) is 93.4 cm³/mol. The molecule has 0 atom stereocenters. The molecule has 0 bridgehead atoms. The number of benzene rings is 2. The Morgan fingerprint density at radius 1 is 1.10 bits per heavy atom. The lowest BCUT2D eigenvalue weighted by Gasteiger charge is -2.12. The van der Waals surface area contributed by atoms with Crippen molar-refractivity contribution in [3.63, 3.8) is 0 Å². The number of carbonyl (C=O) groups is 1. The molecule has 20 heavy (non-hydrogen) atoms. The molecule has 2 aromatic rings. The Hall–Kier alpha value is -0.560. The number of nitrogens with one attached hydrogen (secondary N) is 1. The summed E-state index contributed by atoms with van der Waals surface area (Å²) in [6.07, 6.45) is 0. The summed E-state index contributed by atoms with van der Waals surface area (Å²) in [7, 11) is 0. The summed E-state index contributed by atoms with van der Waals surface area (Å²) in [5, 5.41) is 3.33. The first kappa shape index (κ1) is 15.8. The van der Waals surface area contributed by atoms with Crippen molar-refractivity contribution in [2.24, 2.45) is 0 Å². The first-order valence-corrected chi connectivity index (χ1v) is 8.15. The second-order valence-corrected chi connectivity index (χ2v) is 6.99. The zero-order chi connectivity index (χ0) is 14.9. The zero-order valence-electron chi connectivity index (χ0n) is 9.88. The third-order valence-electron chi connectivity index (χ3n) is 2.50. The third-order valence-corrected chi connectivity index (χ3v) is 4.47. The van der Waals surface area contributed by atoms with E-state index in [4.69, 9.17) is 17.3 Å². The van der Waals surface area contributed by atoms with Crippen LogP contribution in [0.1, 0.15) is 10.4 Å². The number of rotatable bonds is 2. The highest BCUT2D eigenvalue weighted by Crippen LogP contribution is 2.33. The van der Waals surface area contributed by atoms with Gasteiger partial charge in [-0.25, -0.2) is 0 Å². The molecule has 0 fully saturated rings. The molecule has 2 aromatic carbocycles. The number of halogens is 4. The van der Waals surface area contributed by atoms with Gasteiger partial charge in [-0.1, -0.05) is 27.5 Å². The Morgan fingerprint density at radius 2 is 1.80 bits per heavy atom. The number of nitrogens with two attached hydrogens (primary N) is 1. The fourth-order valence-electron chi connectivity index (χ4n) is 1.58. The van der Waals surface area contributed by atoms with Crippen molar-refractivity contribution in [1.82, 2.24) is 0 Å². The van der Waals surface area contributed by atoms with Crippen molar-refractivity contribution in [1.29, 1.82) is 0 Å². The SMILES string of the molecule is Nc1cc(Br)cc(Br)c1NC(=O)c1ccc(Cl)cc1Br. The molecule has 0 spiro atoms. The summed E-state index contributed by atoms with van der Waals surface area (Å²) in [5.74, 6) is -0.275. The quantitative estimate of drug-likeness (QED) is 0.558. The molecule has 0 saturated carbocycles. The highest BCUT2D eigenvalue weighted by atomic mass is 79.9. The second-order valence-electron chi connectivity index (χ2n) is 3.93. The van der Waals surface area contributed by atoms with Gasteiger partial charge < -0.3 is 11.1 Å². The minimum Gasteiger partial charge on any atom is -0.397 e. The molecule has 0 aliphatic heterocycles. The molecule has 0 unspecified atom stereocenters. The lowest BCUT2D eigenvalue weighted by Crippen LogP contribution is -2.14. The minimum absolute atomic E-state index is 0.275. The summed E-state index contributed by atoms with van der Waals surface area (Å²) in [6, 6.07) is 8.49. The Balaban J connectivity index is 2.33. The standard InChI is InChI=1S/C13H8Br3ClN2O/c14-6-3-10(16)12(11(18)4-6)19-13(20)8-2-1-7(17)5-9(8)15/h1-5H,18H2,(H,19,20). The van der Waals surface area contributed by atoms with E-state index in [9.17, 15) is 4.79 Å². The summed E-state index contributed by atoms with van der Waals surface area (Å²) in [6.45, 7) is 0. The molecule has 3 nitrogen and oxygen atoms in total. The maximum absolute atomic E-state index is 12.3. The van der Waals surface area contributed by atoms with E-state index in [-0.39, 0.29) is 5.91 Å². The van der Waals surface area contributed by atoms with Gasteiger partial charge >= 0.3 is 0 Å². The molecular formula is C13H8Br3ClN2O. The van der Waals surface area contributed by atoms with Gasteiger partial charge in [-0.05, 0) is 62.2 Å². The Labute approximate surface area is 146 Å². The summed E-state index contributed by atoms with van der Waals surface area (Å²) in [5.41, 5.74) is 7.37. The van der Waals surface area contributed by atoms with Crippen molar-refractivity contribution in [2.45, 2.75) is 0 Å². The van der Waals surface area contributed by atoms with Crippen LogP contribution >= 0.6 is 59.4 Å². The van der Waals surface area contributed by atoms with Gasteiger partial charge in [0.25, 0.3) is 5.91 Å². The van der Waals surface area contributed by atoms with Crippen LogP contribution in [0.2, 0.25) is 5.02 Å². The monoisotopic (exact) mass is 480 g/mol. The Morgan fingerprint density at radius 3 is 2.40 bits per heavy atom. The van der Waals surface area contributed by atoms with Crippen molar-refractivity contribution in [3.8, 4) is 0 Å². The maximum atomic E-state index is 12.3. The second kappa shape index (κ2) is 6.47. The van der Waals surface area contributed by atoms with Gasteiger partial charge in [0, 0.05) is 18.4 Å². The predicted octanol–water partition coefficient (Wildman–Crippen LogP) is 5.46. The number of anilines is 2. The number of hydrogen-bond donors (Lipinski definition) is 2. The highest BCUT2D eigenvalue weighted by Gasteiger charge is 2.14. The average molecular weight is 483 g/mol. The van der Waals surface area contributed by atoms with Crippen LogP contribution in [0.3, 0.4) is 0 Å². The van der Waals surface area contributed by atoms with Crippen molar-refractivity contribution in [2.75, 3.05) is 11.1 Å². The fraction of sp³-hybridized carbons (Fsp3) is 0. The molecule has 3 N–H and O–H groups in total. The first-order valence-electron chi connectivity index (χ1n) is 5.39. The summed E-state index contributed by atoms with van der Waals surface area (Å²) < 4.78 is 2.14. The summed E-state index contributed by atoms with van der Waals surface area (Å²) in [4.78, 5) is 12.3. The van der Waals surface area contributed by atoms with Crippen LogP contribution in [0, 0.1) is 0 Å². The van der Waals surface area contributed by atoms with Crippen LogP contribution in [0.15, 0.2) is 43.7 Å². The number of carbonyl (C=O) groups excluding carboxylic acids is 1. The van der Waals surface area contributed by atoms with E-state index < -0.39 is 0 Å². The lowest BCUT2D eigenvalue weighted by atomic mass is 10.2. The van der Waals surface area contributed by atoms with Crippen LogP contribution in [0.4, 0.5) is 11.4 Å². The molecule has 7 heteroatoms. The van der Waals surface area contributed by atoms with Crippen LogP contribution in [-0.4, -0.2) is 5.91 Å². The van der Waals surface area contributed by atoms with E-state index >= 15 is 0 Å². The molecule has 0 aromatic heterocycles. The largest absolute Gasteiger partial charge is 0.397 e. The van der Waals surface area contributed by atoms with E-state index in [1.54, 1.807) is 24.3 Å². The van der Waals surface area contributed by atoms with Crippen LogP contribution in [-0.2, 0) is 0 Å². The third kappa shape index (κ3) is 3.55. The van der Waals surface area contributed by atoms with Gasteiger partial charge in [-0.2, -0.15) is 0 Å². The van der Waals surface area contributed by atoms with E-state index in [2.05, 4.69) is 53.1 Å². The Kier molecular flexibility index (Phi) is 5.12. The van der Waals surface area contributed by atoms with Gasteiger partial charge in [-0.3, -0.25) is 4.79 Å². The van der Waals surface area contributed by atoms with Crippen LogP contribution < -0.4 is 11.1 Å². The number of nitrogen functional groups attached to an aromatic ring is 1. The molecule has 1 amide bonds. The van der Waals surface area contributed by atoms with E-state index in [0.29, 0.717) is 30.9 Å². The van der Waals surface area contributed by atoms with Crippen LogP contribution in [0.5, 0.6) is 0 Å². The van der Waals surface area contributed by atoms with Crippen molar-refractivity contribution in [3.05, 3.63) is 54.3 Å². The zero-order valence-corrected chi connectivity index (χ0v) is 15.4. The molecule has 2 rings (SSSR count). The Bertz CT molecular complexity index is 668. The van der Waals surface area contributed by atoms with Crippen LogP contribution in [0.25, 0.3) is 0 Å². The molecular weight excluding hydrogens is 475 g/mol. The van der Waals surface area contributed by atoms with Gasteiger partial charge in [0.1, 0.15) is 0 Å². The maximum Gasteiger partial charge on any atom is 0.256 e. The van der Waals surface area contributed by atoms with Crippen molar-refractivity contribution >= 4 is 76.7 Å². The lowest BCUT2D eigenvalue weighted by molar-refractivity contribution is 0.102. The molecule has 0 heterocycles. The number of amides is 1. The highest BCUT2D eigenvalue weighted by molar-refractivity contribution is 9.11. The van der Waals surface area contributed by atoms with E-state index in [0.717, 1.165) is 4.47 Å². The van der Waals surface area contributed by atoms with E-state index in [1.807, 2.05) is 6.07 Å². The van der Waals surface area contributed by atoms with E-state index in [1.165, 1.54) is 0 Å².